The number of benzene rings is 2. The fourth-order valence-electron chi connectivity index (χ4n) is 3.18. The highest BCUT2D eigenvalue weighted by Gasteiger charge is 2.29. The number of furan rings is 1. The number of hydrazone groups is 1. The van der Waals surface area contributed by atoms with Crippen LogP contribution in [0.3, 0.4) is 0 Å². The largest absolute Gasteiger partial charge is 0.496 e. The minimum absolute atomic E-state index is 0.0782. The van der Waals surface area contributed by atoms with Crippen molar-refractivity contribution in [1.82, 2.24) is 0 Å². The lowest BCUT2D eigenvalue weighted by atomic mass is 10.1. The summed E-state index contributed by atoms with van der Waals surface area (Å²) in [7, 11) is 1.43. The van der Waals surface area contributed by atoms with E-state index in [9.17, 15) is 14.9 Å². The molecule has 0 unspecified atom stereocenters. The Bertz CT molecular complexity index is 1260. The Morgan fingerprint density at radius 1 is 1.19 bits per heavy atom. The SMILES string of the molecule is COc1cc([N+](=O)[O-])ccc1-c1ccc(/C=C2/C(=O)N(c3cccc(Br)c3)N=C2C)o1. The summed E-state index contributed by atoms with van der Waals surface area (Å²) in [4.78, 5) is 23.4. The molecule has 0 saturated heterocycles. The van der Waals surface area contributed by atoms with Crippen LogP contribution in [0.2, 0.25) is 0 Å². The average molecular weight is 482 g/mol. The third kappa shape index (κ3) is 3.99. The van der Waals surface area contributed by atoms with Crippen molar-refractivity contribution < 1.29 is 18.9 Å². The molecule has 0 fully saturated rings. The Morgan fingerprint density at radius 2 is 2.00 bits per heavy atom. The molecule has 0 saturated carbocycles. The monoisotopic (exact) mass is 481 g/mol. The van der Waals surface area contributed by atoms with Crippen LogP contribution in [0.1, 0.15) is 12.7 Å². The van der Waals surface area contributed by atoms with Crippen LogP contribution in [0.5, 0.6) is 5.75 Å². The molecule has 9 heteroatoms. The quantitative estimate of drug-likeness (QED) is 0.274. The number of amides is 1. The summed E-state index contributed by atoms with van der Waals surface area (Å²) >= 11 is 3.40. The number of anilines is 1. The van der Waals surface area contributed by atoms with Crippen molar-refractivity contribution in [3.8, 4) is 17.1 Å². The van der Waals surface area contributed by atoms with Crippen LogP contribution in [0, 0.1) is 10.1 Å². The topological polar surface area (TPSA) is 98.2 Å². The molecule has 0 radical (unpaired) electrons. The van der Waals surface area contributed by atoms with Crippen molar-refractivity contribution in [2.24, 2.45) is 5.10 Å². The van der Waals surface area contributed by atoms with Gasteiger partial charge >= 0.3 is 0 Å². The third-order valence-electron chi connectivity index (χ3n) is 4.69. The number of nitrogens with zero attached hydrogens (tertiary/aromatic N) is 3. The third-order valence-corrected chi connectivity index (χ3v) is 5.18. The molecule has 0 aliphatic carbocycles. The molecule has 1 aromatic heterocycles. The van der Waals surface area contributed by atoms with Crippen LogP contribution >= 0.6 is 15.9 Å². The normalized spacial score (nSPS) is 14.8. The second kappa shape index (κ2) is 8.19. The molecule has 0 atom stereocenters. The van der Waals surface area contributed by atoms with E-state index in [1.54, 1.807) is 37.3 Å². The number of rotatable bonds is 5. The molecule has 2 aromatic carbocycles. The summed E-state index contributed by atoms with van der Waals surface area (Å²) in [5.74, 6) is 0.964. The van der Waals surface area contributed by atoms with E-state index in [4.69, 9.17) is 9.15 Å². The molecule has 31 heavy (non-hydrogen) atoms. The number of non-ortho nitro benzene ring substituents is 1. The molecule has 3 aromatic rings. The molecule has 4 rings (SSSR count). The van der Waals surface area contributed by atoms with E-state index in [0.717, 1.165) is 4.47 Å². The van der Waals surface area contributed by atoms with Crippen LogP contribution in [0.25, 0.3) is 17.4 Å². The lowest BCUT2D eigenvalue weighted by Gasteiger charge is -2.11. The summed E-state index contributed by atoms with van der Waals surface area (Å²) in [6, 6.07) is 15.0. The van der Waals surface area contributed by atoms with Gasteiger partial charge in [0.25, 0.3) is 11.6 Å². The molecule has 156 valence electrons. The fourth-order valence-corrected chi connectivity index (χ4v) is 3.57. The smallest absolute Gasteiger partial charge is 0.280 e. The Kier molecular flexibility index (Phi) is 5.43. The van der Waals surface area contributed by atoms with Gasteiger partial charge in [0.2, 0.25) is 0 Å². The van der Waals surface area contributed by atoms with Crippen molar-refractivity contribution in [2.75, 3.05) is 12.1 Å². The van der Waals surface area contributed by atoms with Crippen LogP contribution in [-0.2, 0) is 4.79 Å². The number of ether oxygens (including phenoxy) is 1. The summed E-state index contributed by atoms with van der Waals surface area (Å²) in [6.07, 6.45) is 1.63. The molecule has 0 bridgehead atoms. The highest BCUT2D eigenvalue weighted by Crippen LogP contribution is 2.35. The predicted molar refractivity (Wildman–Crippen MR) is 120 cm³/mol. The Balaban J connectivity index is 1.64. The fraction of sp³-hybridized carbons (Fsp3) is 0.0909. The van der Waals surface area contributed by atoms with Gasteiger partial charge in [-0.2, -0.15) is 10.1 Å². The molecule has 1 amide bonds. The maximum atomic E-state index is 12.9. The van der Waals surface area contributed by atoms with Crippen LogP contribution in [0.15, 0.2) is 74.2 Å². The van der Waals surface area contributed by atoms with Gasteiger partial charge in [0.1, 0.15) is 17.3 Å². The van der Waals surface area contributed by atoms with Gasteiger partial charge in [-0.1, -0.05) is 22.0 Å². The van der Waals surface area contributed by atoms with E-state index < -0.39 is 4.92 Å². The van der Waals surface area contributed by atoms with E-state index in [-0.39, 0.29) is 11.6 Å². The number of hydrogen-bond acceptors (Lipinski definition) is 6. The number of methoxy groups -OCH3 is 1. The van der Waals surface area contributed by atoms with Gasteiger partial charge in [-0.05, 0) is 49.4 Å². The van der Waals surface area contributed by atoms with Gasteiger partial charge in [-0.25, -0.2) is 0 Å². The van der Waals surface area contributed by atoms with E-state index in [2.05, 4.69) is 21.0 Å². The Hall–Kier alpha value is -3.72. The number of nitro benzene ring substituents is 1. The van der Waals surface area contributed by atoms with Crippen LogP contribution in [-0.4, -0.2) is 23.7 Å². The van der Waals surface area contributed by atoms with Crippen molar-refractivity contribution in [2.45, 2.75) is 6.92 Å². The number of hydrogen-bond donors (Lipinski definition) is 0. The lowest BCUT2D eigenvalue weighted by Crippen LogP contribution is -2.21. The van der Waals surface area contributed by atoms with E-state index in [1.165, 1.54) is 24.3 Å². The zero-order chi connectivity index (χ0) is 22.1. The molecular formula is C22H16BrN3O5. The standard InChI is InChI=1S/C22H16BrN3O5/c1-13-19(22(27)25(24-13)15-5-3-4-14(23)10-15)12-17-7-9-20(31-17)18-8-6-16(26(28)29)11-21(18)30-2/h3-12H,1-2H3/b19-12+. The number of halogens is 1. The van der Waals surface area contributed by atoms with E-state index in [0.29, 0.717) is 39.8 Å². The van der Waals surface area contributed by atoms with Gasteiger partial charge in [0.15, 0.2) is 0 Å². The van der Waals surface area contributed by atoms with Gasteiger partial charge in [-0.15, -0.1) is 0 Å². The Morgan fingerprint density at radius 3 is 2.71 bits per heavy atom. The molecule has 0 spiro atoms. The second-order valence-corrected chi connectivity index (χ2v) is 7.60. The van der Waals surface area contributed by atoms with Gasteiger partial charge in [-0.3, -0.25) is 14.9 Å². The maximum Gasteiger partial charge on any atom is 0.280 e. The highest BCUT2D eigenvalue weighted by atomic mass is 79.9. The number of nitro groups is 1. The minimum atomic E-state index is -0.491. The van der Waals surface area contributed by atoms with Crippen molar-refractivity contribution in [1.29, 1.82) is 0 Å². The zero-order valence-electron chi connectivity index (χ0n) is 16.5. The van der Waals surface area contributed by atoms with Crippen LogP contribution < -0.4 is 9.75 Å². The maximum absolute atomic E-state index is 12.9. The molecule has 1 aliphatic rings. The highest BCUT2D eigenvalue weighted by molar-refractivity contribution is 9.10. The lowest BCUT2D eigenvalue weighted by molar-refractivity contribution is -0.384. The first-order valence-corrected chi connectivity index (χ1v) is 9.96. The molecule has 2 heterocycles. The first-order valence-electron chi connectivity index (χ1n) is 9.17. The summed E-state index contributed by atoms with van der Waals surface area (Å²) in [6.45, 7) is 1.75. The number of carbonyl (C=O) groups excluding carboxylic acids is 1. The van der Waals surface area contributed by atoms with Gasteiger partial charge in [0, 0.05) is 10.5 Å². The molecule has 1 aliphatic heterocycles. The first-order chi connectivity index (χ1) is 14.9. The summed E-state index contributed by atoms with van der Waals surface area (Å²) in [5, 5.41) is 16.7. The zero-order valence-corrected chi connectivity index (χ0v) is 18.1. The molecular weight excluding hydrogens is 466 g/mol. The van der Waals surface area contributed by atoms with E-state index in [1.807, 2.05) is 18.2 Å². The Labute approximate surface area is 185 Å². The predicted octanol–water partition coefficient (Wildman–Crippen LogP) is 5.43. The summed E-state index contributed by atoms with van der Waals surface area (Å²) < 4.78 is 12.0. The van der Waals surface area contributed by atoms with Crippen LogP contribution in [0.4, 0.5) is 11.4 Å². The van der Waals surface area contributed by atoms with E-state index >= 15 is 0 Å². The molecule has 0 N–H and O–H groups in total. The number of carbonyl (C=O) groups is 1. The first kappa shape index (κ1) is 20.5. The minimum Gasteiger partial charge on any atom is -0.496 e. The average Bonchev–Trinajstić information content (AvgIpc) is 3.33. The van der Waals surface area contributed by atoms with Crippen molar-refractivity contribution >= 4 is 45.0 Å². The summed E-state index contributed by atoms with van der Waals surface area (Å²) in [5.41, 5.74) is 2.12. The van der Waals surface area contributed by atoms with Crippen molar-refractivity contribution in [3.05, 3.63) is 80.5 Å². The van der Waals surface area contributed by atoms with Gasteiger partial charge in [0.05, 0.1) is 40.6 Å². The van der Waals surface area contributed by atoms with Gasteiger partial charge < -0.3 is 9.15 Å². The second-order valence-electron chi connectivity index (χ2n) is 6.68. The van der Waals surface area contributed by atoms with Crippen molar-refractivity contribution in [3.63, 3.8) is 0 Å². The molecule has 8 nitrogen and oxygen atoms in total.